The minimum atomic E-state index is -3.40. The van der Waals surface area contributed by atoms with Gasteiger partial charge in [0, 0.05) is 13.1 Å². The number of likely N-dealkylation sites (tertiary alicyclic amines) is 1. The van der Waals surface area contributed by atoms with E-state index in [1.807, 2.05) is 14.0 Å². The second kappa shape index (κ2) is 7.24. The van der Waals surface area contributed by atoms with Gasteiger partial charge in [-0.2, -0.15) is 0 Å². The molecule has 1 aliphatic heterocycles. The first-order valence-electron chi connectivity index (χ1n) is 7.75. The number of amides is 1. The van der Waals surface area contributed by atoms with Crippen LogP contribution in [0.1, 0.15) is 30.1 Å². The van der Waals surface area contributed by atoms with Crippen LogP contribution in [0.5, 0.6) is 0 Å². The van der Waals surface area contributed by atoms with Gasteiger partial charge in [-0.1, -0.05) is 19.1 Å². The zero-order chi connectivity index (χ0) is 16.2. The Morgan fingerprint density at radius 3 is 2.77 bits per heavy atom. The largest absolute Gasteiger partial charge is 0.338 e. The molecule has 0 spiro atoms. The second-order valence-electron chi connectivity index (χ2n) is 5.78. The van der Waals surface area contributed by atoms with E-state index in [1.165, 1.54) is 0 Å². The van der Waals surface area contributed by atoms with E-state index in [0.29, 0.717) is 31.0 Å². The minimum Gasteiger partial charge on any atom is -0.338 e. The van der Waals surface area contributed by atoms with E-state index < -0.39 is 9.84 Å². The number of nitrogens with zero attached hydrogens (tertiary/aromatic N) is 1. The fraction of sp³-hybridized carbons (Fsp3) is 0.562. The van der Waals surface area contributed by atoms with Crippen LogP contribution in [0, 0.1) is 5.92 Å². The highest BCUT2D eigenvalue weighted by Crippen LogP contribution is 2.23. The number of sulfone groups is 1. The fourth-order valence-electron chi connectivity index (χ4n) is 2.94. The molecule has 0 saturated carbocycles. The van der Waals surface area contributed by atoms with Gasteiger partial charge < -0.3 is 10.2 Å². The summed E-state index contributed by atoms with van der Waals surface area (Å²) >= 11 is 0. The summed E-state index contributed by atoms with van der Waals surface area (Å²) in [7, 11) is -1.50. The molecule has 5 nitrogen and oxygen atoms in total. The molecule has 0 unspecified atom stereocenters. The van der Waals surface area contributed by atoms with Crippen LogP contribution in [0.4, 0.5) is 0 Å². The first kappa shape index (κ1) is 17.0. The molecule has 1 atom stereocenters. The molecule has 1 aromatic carbocycles. The van der Waals surface area contributed by atoms with Gasteiger partial charge in [-0.05, 0) is 44.5 Å². The van der Waals surface area contributed by atoms with Crippen molar-refractivity contribution in [3.05, 3.63) is 29.8 Å². The number of hydrogen-bond acceptors (Lipinski definition) is 4. The van der Waals surface area contributed by atoms with E-state index in [1.54, 1.807) is 29.2 Å². The summed E-state index contributed by atoms with van der Waals surface area (Å²) in [4.78, 5) is 14.6. The molecule has 22 heavy (non-hydrogen) atoms. The number of carbonyl (C=O) groups is 1. The zero-order valence-corrected chi connectivity index (χ0v) is 14.0. The number of nitrogens with one attached hydrogen (secondary N) is 1. The molecule has 2 rings (SSSR count). The predicted molar refractivity (Wildman–Crippen MR) is 86.7 cm³/mol. The van der Waals surface area contributed by atoms with Gasteiger partial charge in [-0.25, -0.2) is 8.42 Å². The summed E-state index contributed by atoms with van der Waals surface area (Å²) in [5.41, 5.74) is 0.307. The third-order valence-electron chi connectivity index (χ3n) is 3.99. The highest BCUT2D eigenvalue weighted by Gasteiger charge is 2.29. The van der Waals surface area contributed by atoms with Gasteiger partial charge in [-0.3, -0.25) is 4.79 Å². The monoisotopic (exact) mass is 324 g/mol. The summed E-state index contributed by atoms with van der Waals surface area (Å²) < 4.78 is 24.7. The standard InChI is InChI=1S/C16H24N2O3S/c1-3-10-22(20,21)15-7-5-4-6-14(15)16(19)18-9-8-13(12-18)11-17-2/h4-7,13,17H,3,8-12H2,1-2H3/t13-/m1/s1. The average molecular weight is 324 g/mol. The van der Waals surface area contributed by atoms with Crippen molar-refractivity contribution in [2.45, 2.75) is 24.7 Å². The van der Waals surface area contributed by atoms with Gasteiger partial charge in [0.25, 0.3) is 5.91 Å². The van der Waals surface area contributed by atoms with Crippen molar-refractivity contribution in [1.29, 1.82) is 0 Å². The van der Waals surface area contributed by atoms with Gasteiger partial charge in [0.05, 0.1) is 16.2 Å². The molecule has 0 aromatic heterocycles. The Kier molecular flexibility index (Phi) is 5.58. The minimum absolute atomic E-state index is 0.0691. The van der Waals surface area contributed by atoms with Crippen molar-refractivity contribution in [3.8, 4) is 0 Å². The Balaban J connectivity index is 2.24. The molecule has 1 amide bonds. The highest BCUT2D eigenvalue weighted by molar-refractivity contribution is 7.91. The van der Waals surface area contributed by atoms with Crippen molar-refractivity contribution >= 4 is 15.7 Å². The fourth-order valence-corrected chi connectivity index (χ4v) is 4.47. The Morgan fingerprint density at radius 2 is 2.09 bits per heavy atom. The Morgan fingerprint density at radius 1 is 1.36 bits per heavy atom. The number of hydrogen-bond donors (Lipinski definition) is 1. The zero-order valence-electron chi connectivity index (χ0n) is 13.2. The smallest absolute Gasteiger partial charge is 0.255 e. The van der Waals surface area contributed by atoms with Crippen molar-refractivity contribution < 1.29 is 13.2 Å². The van der Waals surface area contributed by atoms with E-state index in [2.05, 4.69) is 5.32 Å². The maximum absolute atomic E-state index is 12.7. The first-order valence-corrected chi connectivity index (χ1v) is 9.40. The third kappa shape index (κ3) is 3.67. The SMILES string of the molecule is CCCS(=O)(=O)c1ccccc1C(=O)N1CC[C@H](CNC)C1. The maximum atomic E-state index is 12.7. The predicted octanol–water partition coefficient (Wildman–Crippen LogP) is 1.55. The van der Waals surface area contributed by atoms with E-state index in [-0.39, 0.29) is 16.6 Å². The van der Waals surface area contributed by atoms with E-state index in [9.17, 15) is 13.2 Å². The van der Waals surface area contributed by atoms with Crippen molar-refractivity contribution in [2.75, 3.05) is 32.4 Å². The lowest BCUT2D eigenvalue weighted by Gasteiger charge is -2.18. The Labute approximate surface area is 132 Å². The van der Waals surface area contributed by atoms with Crippen LogP contribution in [-0.2, 0) is 9.84 Å². The van der Waals surface area contributed by atoms with Crippen LogP contribution in [0.25, 0.3) is 0 Å². The normalized spacial score (nSPS) is 18.6. The summed E-state index contributed by atoms with van der Waals surface area (Å²) in [6.45, 7) is 4.07. The summed E-state index contributed by atoms with van der Waals surface area (Å²) in [6, 6.07) is 6.56. The van der Waals surface area contributed by atoms with Gasteiger partial charge in [-0.15, -0.1) is 0 Å². The molecule has 1 aromatic rings. The van der Waals surface area contributed by atoms with E-state index in [0.717, 1.165) is 13.0 Å². The Bertz CT molecular complexity index is 628. The van der Waals surface area contributed by atoms with Crippen LogP contribution >= 0.6 is 0 Å². The van der Waals surface area contributed by atoms with Crippen molar-refractivity contribution in [1.82, 2.24) is 10.2 Å². The van der Waals surface area contributed by atoms with Gasteiger partial charge in [0.2, 0.25) is 0 Å². The van der Waals surface area contributed by atoms with Gasteiger partial charge in [0.1, 0.15) is 0 Å². The molecule has 122 valence electrons. The van der Waals surface area contributed by atoms with Crippen molar-refractivity contribution in [3.63, 3.8) is 0 Å². The first-order chi connectivity index (χ1) is 10.5. The quantitative estimate of drug-likeness (QED) is 0.862. The maximum Gasteiger partial charge on any atom is 0.255 e. The van der Waals surface area contributed by atoms with Gasteiger partial charge in [0.15, 0.2) is 9.84 Å². The summed E-state index contributed by atoms with van der Waals surface area (Å²) in [5, 5.41) is 3.13. The molecule has 1 heterocycles. The summed E-state index contributed by atoms with van der Waals surface area (Å²) in [6.07, 6.45) is 1.50. The van der Waals surface area contributed by atoms with Crippen LogP contribution < -0.4 is 5.32 Å². The molecule has 0 radical (unpaired) electrons. The molecule has 0 aliphatic carbocycles. The van der Waals surface area contributed by atoms with Crippen LogP contribution in [0.3, 0.4) is 0 Å². The van der Waals surface area contributed by atoms with Gasteiger partial charge >= 0.3 is 0 Å². The topological polar surface area (TPSA) is 66.5 Å². The lowest BCUT2D eigenvalue weighted by atomic mass is 10.1. The van der Waals surface area contributed by atoms with Crippen LogP contribution in [0.2, 0.25) is 0 Å². The molecule has 1 saturated heterocycles. The van der Waals surface area contributed by atoms with Crippen molar-refractivity contribution in [2.24, 2.45) is 5.92 Å². The molecule has 6 heteroatoms. The lowest BCUT2D eigenvalue weighted by Crippen LogP contribution is -2.31. The van der Waals surface area contributed by atoms with Crippen LogP contribution in [0.15, 0.2) is 29.2 Å². The molecule has 1 N–H and O–H groups in total. The molecule has 0 bridgehead atoms. The molecule has 1 fully saturated rings. The summed E-state index contributed by atoms with van der Waals surface area (Å²) in [5.74, 6) is 0.335. The van der Waals surface area contributed by atoms with E-state index >= 15 is 0 Å². The Hall–Kier alpha value is -1.40. The molecular formula is C16H24N2O3S. The van der Waals surface area contributed by atoms with Crippen LogP contribution in [-0.4, -0.2) is 51.7 Å². The molecular weight excluding hydrogens is 300 g/mol. The number of rotatable bonds is 6. The molecule has 1 aliphatic rings. The number of carbonyl (C=O) groups excluding carboxylic acids is 1. The highest BCUT2D eigenvalue weighted by atomic mass is 32.2. The van der Waals surface area contributed by atoms with E-state index in [4.69, 9.17) is 0 Å². The lowest BCUT2D eigenvalue weighted by molar-refractivity contribution is 0.0783. The second-order valence-corrected chi connectivity index (χ2v) is 7.86. The third-order valence-corrected chi connectivity index (χ3v) is 5.96. The average Bonchev–Trinajstić information content (AvgIpc) is 2.95. The number of benzene rings is 1.